The van der Waals surface area contributed by atoms with Crippen molar-refractivity contribution in [3.05, 3.63) is 35.7 Å². The smallest absolute Gasteiger partial charge is 0.226 e. The van der Waals surface area contributed by atoms with Crippen LogP contribution in [0.25, 0.3) is 11.4 Å². The molecule has 1 heterocycles. The molecule has 2 aromatic rings. The SMILES string of the molecule is CCC(CCN)CCc1nc(-c2ccc(C)cc2)no1. The highest BCUT2D eigenvalue weighted by atomic mass is 16.5. The van der Waals surface area contributed by atoms with Crippen molar-refractivity contribution in [1.29, 1.82) is 0 Å². The van der Waals surface area contributed by atoms with Crippen LogP contribution in [0.4, 0.5) is 0 Å². The normalized spacial score (nSPS) is 12.6. The van der Waals surface area contributed by atoms with Gasteiger partial charge in [-0.1, -0.05) is 48.3 Å². The molecular weight excluding hydrogens is 250 g/mol. The average molecular weight is 273 g/mol. The van der Waals surface area contributed by atoms with Gasteiger partial charge >= 0.3 is 0 Å². The molecule has 1 aromatic heterocycles. The number of aromatic nitrogens is 2. The van der Waals surface area contributed by atoms with E-state index in [-0.39, 0.29) is 0 Å². The van der Waals surface area contributed by atoms with Gasteiger partial charge in [0.1, 0.15) is 0 Å². The van der Waals surface area contributed by atoms with Crippen LogP contribution in [0.5, 0.6) is 0 Å². The van der Waals surface area contributed by atoms with Crippen LogP contribution in [-0.2, 0) is 6.42 Å². The third-order valence-corrected chi connectivity index (χ3v) is 3.70. The van der Waals surface area contributed by atoms with Crippen LogP contribution in [0.15, 0.2) is 28.8 Å². The second-order valence-electron chi connectivity index (χ2n) is 5.27. The topological polar surface area (TPSA) is 64.9 Å². The molecule has 1 aromatic carbocycles. The van der Waals surface area contributed by atoms with Crippen molar-refractivity contribution < 1.29 is 4.52 Å². The second-order valence-corrected chi connectivity index (χ2v) is 5.27. The lowest BCUT2D eigenvalue weighted by molar-refractivity contribution is 0.354. The lowest BCUT2D eigenvalue weighted by Gasteiger charge is -2.11. The average Bonchev–Trinajstić information content (AvgIpc) is 2.93. The lowest BCUT2D eigenvalue weighted by atomic mass is 9.97. The largest absolute Gasteiger partial charge is 0.339 e. The molecule has 0 bridgehead atoms. The number of hydrogen-bond acceptors (Lipinski definition) is 4. The Morgan fingerprint density at radius 1 is 1.20 bits per heavy atom. The van der Waals surface area contributed by atoms with Crippen LogP contribution in [-0.4, -0.2) is 16.7 Å². The maximum Gasteiger partial charge on any atom is 0.226 e. The maximum atomic E-state index is 5.61. The monoisotopic (exact) mass is 273 g/mol. The molecule has 4 nitrogen and oxygen atoms in total. The Kier molecular flexibility index (Phi) is 5.30. The Balaban J connectivity index is 1.96. The standard InChI is InChI=1S/C16H23N3O/c1-3-13(10-11-17)6-9-15-18-16(19-20-15)14-7-4-12(2)5-8-14/h4-5,7-8,13H,3,6,9-11,17H2,1-2H3. The molecule has 0 spiro atoms. The first-order valence-electron chi connectivity index (χ1n) is 7.32. The number of nitrogens with zero attached hydrogens (tertiary/aromatic N) is 2. The van der Waals surface area contributed by atoms with Crippen LogP contribution >= 0.6 is 0 Å². The second kappa shape index (κ2) is 7.20. The Morgan fingerprint density at radius 3 is 2.60 bits per heavy atom. The number of benzene rings is 1. The molecule has 1 atom stereocenters. The molecule has 2 rings (SSSR count). The van der Waals surface area contributed by atoms with Gasteiger partial charge in [0.2, 0.25) is 11.7 Å². The van der Waals surface area contributed by atoms with E-state index >= 15 is 0 Å². The third-order valence-electron chi connectivity index (χ3n) is 3.70. The third kappa shape index (κ3) is 3.90. The zero-order chi connectivity index (χ0) is 14.4. The van der Waals surface area contributed by atoms with Crippen molar-refractivity contribution in [1.82, 2.24) is 10.1 Å². The minimum Gasteiger partial charge on any atom is -0.339 e. The van der Waals surface area contributed by atoms with E-state index in [0.717, 1.165) is 43.7 Å². The highest BCUT2D eigenvalue weighted by molar-refractivity contribution is 5.54. The Morgan fingerprint density at radius 2 is 1.95 bits per heavy atom. The van der Waals surface area contributed by atoms with E-state index in [1.807, 2.05) is 12.1 Å². The van der Waals surface area contributed by atoms with Crippen molar-refractivity contribution in [2.24, 2.45) is 11.7 Å². The molecule has 108 valence electrons. The van der Waals surface area contributed by atoms with E-state index in [4.69, 9.17) is 10.3 Å². The van der Waals surface area contributed by atoms with E-state index in [9.17, 15) is 0 Å². The number of hydrogen-bond donors (Lipinski definition) is 1. The predicted molar refractivity (Wildman–Crippen MR) is 80.2 cm³/mol. The van der Waals surface area contributed by atoms with Gasteiger partial charge in [0, 0.05) is 12.0 Å². The van der Waals surface area contributed by atoms with Crippen molar-refractivity contribution in [2.45, 2.75) is 39.5 Å². The van der Waals surface area contributed by atoms with Crippen LogP contribution in [0.1, 0.15) is 37.6 Å². The zero-order valence-electron chi connectivity index (χ0n) is 12.3. The summed E-state index contributed by atoms with van der Waals surface area (Å²) < 4.78 is 5.33. The Labute approximate surface area is 120 Å². The molecule has 0 fully saturated rings. The highest BCUT2D eigenvalue weighted by Gasteiger charge is 2.11. The lowest BCUT2D eigenvalue weighted by Crippen LogP contribution is -2.09. The minimum absolute atomic E-state index is 0.648. The fourth-order valence-electron chi connectivity index (χ4n) is 2.29. The summed E-state index contributed by atoms with van der Waals surface area (Å²) in [7, 11) is 0. The molecule has 0 aliphatic carbocycles. The molecule has 1 unspecified atom stereocenters. The first kappa shape index (κ1) is 14.7. The molecule has 4 heteroatoms. The summed E-state index contributed by atoms with van der Waals surface area (Å²) in [6, 6.07) is 8.15. The van der Waals surface area contributed by atoms with Gasteiger partial charge in [-0.3, -0.25) is 0 Å². The fraction of sp³-hybridized carbons (Fsp3) is 0.500. The first-order chi connectivity index (χ1) is 9.72. The molecule has 0 amide bonds. The molecule has 0 aliphatic rings. The van der Waals surface area contributed by atoms with Gasteiger partial charge in [0.15, 0.2) is 0 Å². The number of aryl methyl sites for hydroxylation is 2. The molecular formula is C16H23N3O. The van der Waals surface area contributed by atoms with Gasteiger partial charge in [0.05, 0.1) is 0 Å². The minimum atomic E-state index is 0.648. The molecule has 20 heavy (non-hydrogen) atoms. The summed E-state index contributed by atoms with van der Waals surface area (Å²) in [5, 5.41) is 4.06. The van der Waals surface area contributed by atoms with Crippen molar-refractivity contribution in [3.8, 4) is 11.4 Å². The first-order valence-corrected chi connectivity index (χ1v) is 7.32. The molecule has 0 saturated carbocycles. The number of nitrogens with two attached hydrogens (primary N) is 1. The molecule has 0 aliphatic heterocycles. The van der Waals surface area contributed by atoms with Crippen LogP contribution in [0.3, 0.4) is 0 Å². The Hall–Kier alpha value is -1.68. The van der Waals surface area contributed by atoms with Gasteiger partial charge in [-0.05, 0) is 32.2 Å². The van der Waals surface area contributed by atoms with E-state index < -0.39 is 0 Å². The summed E-state index contributed by atoms with van der Waals surface area (Å²) in [4.78, 5) is 4.47. The summed E-state index contributed by atoms with van der Waals surface area (Å²) in [5.41, 5.74) is 7.84. The van der Waals surface area contributed by atoms with Crippen molar-refractivity contribution in [2.75, 3.05) is 6.54 Å². The zero-order valence-corrected chi connectivity index (χ0v) is 12.3. The predicted octanol–water partition coefficient (Wildman–Crippen LogP) is 3.35. The Bertz CT molecular complexity index is 519. The van der Waals surface area contributed by atoms with E-state index in [2.05, 4.69) is 36.1 Å². The molecule has 0 saturated heterocycles. The fourth-order valence-corrected chi connectivity index (χ4v) is 2.29. The van der Waals surface area contributed by atoms with Gasteiger partial charge in [0.25, 0.3) is 0 Å². The maximum absolute atomic E-state index is 5.61. The van der Waals surface area contributed by atoms with Gasteiger partial charge in [-0.25, -0.2) is 0 Å². The van der Waals surface area contributed by atoms with Gasteiger partial charge in [-0.2, -0.15) is 4.98 Å². The van der Waals surface area contributed by atoms with Crippen LogP contribution in [0.2, 0.25) is 0 Å². The summed E-state index contributed by atoms with van der Waals surface area (Å²) >= 11 is 0. The number of rotatable bonds is 7. The highest BCUT2D eigenvalue weighted by Crippen LogP contribution is 2.19. The summed E-state index contributed by atoms with van der Waals surface area (Å²) in [5.74, 6) is 2.04. The van der Waals surface area contributed by atoms with E-state index in [0.29, 0.717) is 11.7 Å². The summed E-state index contributed by atoms with van der Waals surface area (Å²) in [6.07, 6.45) is 4.10. The van der Waals surface area contributed by atoms with E-state index in [1.165, 1.54) is 5.56 Å². The van der Waals surface area contributed by atoms with Crippen molar-refractivity contribution >= 4 is 0 Å². The summed E-state index contributed by atoms with van der Waals surface area (Å²) in [6.45, 7) is 5.01. The van der Waals surface area contributed by atoms with Gasteiger partial charge in [-0.15, -0.1) is 0 Å². The van der Waals surface area contributed by atoms with Crippen LogP contribution < -0.4 is 5.73 Å². The van der Waals surface area contributed by atoms with E-state index in [1.54, 1.807) is 0 Å². The molecule has 2 N–H and O–H groups in total. The molecule has 0 radical (unpaired) electrons. The van der Waals surface area contributed by atoms with Crippen molar-refractivity contribution in [3.63, 3.8) is 0 Å². The quantitative estimate of drug-likeness (QED) is 0.840. The van der Waals surface area contributed by atoms with Crippen LogP contribution in [0, 0.1) is 12.8 Å². The van der Waals surface area contributed by atoms with Gasteiger partial charge < -0.3 is 10.3 Å².